The van der Waals surface area contributed by atoms with Crippen LogP contribution in [0.3, 0.4) is 0 Å². The molecule has 2 N–H and O–H groups in total. The first-order valence-electron chi connectivity index (χ1n) is 12.5. The molecule has 0 bridgehead atoms. The summed E-state index contributed by atoms with van der Waals surface area (Å²) in [5.74, 6) is 1.26. The average Bonchev–Trinajstić information content (AvgIpc) is 3.52. The van der Waals surface area contributed by atoms with E-state index in [0.717, 1.165) is 57.4 Å². The molecule has 8 nitrogen and oxygen atoms in total. The Morgan fingerprint density at radius 1 is 1.26 bits per heavy atom. The molecule has 0 radical (unpaired) electrons. The number of piperidine rings is 1. The summed E-state index contributed by atoms with van der Waals surface area (Å²) in [4.78, 5) is 21.0. The van der Waals surface area contributed by atoms with Crippen LogP contribution < -0.4 is 15.4 Å². The van der Waals surface area contributed by atoms with E-state index < -0.39 is 5.82 Å². The van der Waals surface area contributed by atoms with Crippen molar-refractivity contribution < 1.29 is 18.4 Å². The number of carbonyl (C=O) groups excluding carboxylic acids is 1. The van der Waals surface area contributed by atoms with E-state index in [0.29, 0.717) is 37.4 Å². The molecule has 2 aliphatic rings. The van der Waals surface area contributed by atoms with Gasteiger partial charge in [-0.15, -0.1) is 0 Å². The van der Waals surface area contributed by atoms with Gasteiger partial charge in [0.05, 0.1) is 12.2 Å². The van der Waals surface area contributed by atoms with E-state index in [4.69, 9.17) is 15.0 Å². The predicted octanol–water partition coefficient (Wildman–Crippen LogP) is 3.97. The first-order valence-corrected chi connectivity index (χ1v) is 12.5. The number of carbonyl (C=O) groups is 1. The van der Waals surface area contributed by atoms with Gasteiger partial charge in [-0.3, -0.25) is 4.79 Å². The summed E-state index contributed by atoms with van der Waals surface area (Å²) >= 11 is 0. The molecule has 2 saturated heterocycles. The van der Waals surface area contributed by atoms with Crippen LogP contribution in [-0.2, 0) is 0 Å². The Kier molecular flexibility index (Phi) is 8.03. The Morgan fingerprint density at radius 3 is 2.74 bits per heavy atom. The highest BCUT2D eigenvalue weighted by Crippen LogP contribution is 2.27. The van der Waals surface area contributed by atoms with Crippen molar-refractivity contribution >= 4 is 11.9 Å². The number of anilines is 1. The van der Waals surface area contributed by atoms with E-state index in [1.54, 1.807) is 11.0 Å². The van der Waals surface area contributed by atoms with Gasteiger partial charge in [-0.1, -0.05) is 19.0 Å². The van der Waals surface area contributed by atoms with Gasteiger partial charge in [0, 0.05) is 44.2 Å². The third kappa shape index (κ3) is 5.68. The van der Waals surface area contributed by atoms with Crippen LogP contribution in [0.1, 0.15) is 74.5 Å². The first-order chi connectivity index (χ1) is 16.5. The molecule has 4 rings (SSSR count). The molecule has 1 aromatic carbocycles. The summed E-state index contributed by atoms with van der Waals surface area (Å²) in [5.41, 5.74) is 5.83. The van der Waals surface area contributed by atoms with Gasteiger partial charge in [0.25, 0.3) is 5.91 Å². The fourth-order valence-corrected chi connectivity index (χ4v) is 4.83. The third-order valence-electron chi connectivity index (χ3n) is 6.94. The fourth-order valence-electron chi connectivity index (χ4n) is 4.83. The molecule has 1 amide bonds. The Labute approximate surface area is 200 Å². The number of ether oxygens (including phenoxy) is 1. The minimum absolute atomic E-state index is 0.000726. The maximum atomic E-state index is 14.6. The van der Waals surface area contributed by atoms with Crippen molar-refractivity contribution in [2.24, 2.45) is 11.7 Å². The monoisotopic (exact) mass is 473 g/mol. The van der Waals surface area contributed by atoms with Gasteiger partial charge in [0.2, 0.25) is 0 Å². The van der Waals surface area contributed by atoms with E-state index in [1.165, 1.54) is 12.1 Å². The van der Waals surface area contributed by atoms with Crippen molar-refractivity contribution in [3.8, 4) is 5.75 Å². The van der Waals surface area contributed by atoms with Crippen LogP contribution in [0.5, 0.6) is 5.75 Å². The van der Waals surface area contributed by atoms with Gasteiger partial charge >= 0.3 is 6.01 Å². The highest BCUT2D eigenvalue weighted by Gasteiger charge is 2.30. The summed E-state index contributed by atoms with van der Waals surface area (Å²) in [7, 11) is 0. The highest BCUT2D eigenvalue weighted by molar-refractivity contribution is 5.95. The lowest BCUT2D eigenvalue weighted by Crippen LogP contribution is -2.40. The average molecular weight is 474 g/mol. The van der Waals surface area contributed by atoms with Gasteiger partial charge in [-0.2, -0.15) is 4.98 Å². The summed E-state index contributed by atoms with van der Waals surface area (Å²) in [5, 5.41) is 4.05. The maximum Gasteiger partial charge on any atom is 0.324 e. The lowest BCUT2D eigenvalue weighted by molar-refractivity contribution is 0.0736. The summed E-state index contributed by atoms with van der Waals surface area (Å²) in [6, 6.07) is 5.14. The molecule has 186 valence electrons. The number of hydrogen-bond donors (Lipinski definition) is 1. The van der Waals surface area contributed by atoms with Crippen molar-refractivity contribution in [3.63, 3.8) is 0 Å². The van der Waals surface area contributed by atoms with Crippen LogP contribution in [0.25, 0.3) is 0 Å². The van der Waals surface area contributed by atoms with E-state index >= 15 is 0 Å². The Hall–Kier alpha value is -2.68. The number of nitrogens with two attached hydrogens (primary N) is 1. The number of likely N-dealkylation sites (tertiary alicyclic amines) is 1. The molecule has 2 aromatic rings. The smallest absolute Gasteiger partial charge is 0.324 e. The zero-order valence-electron chi connectivity index (χ0n) is 20.2. The highest BCUT2D eigenvalue weighted by atomic mass is 19.1. The molecule has 3 heterocycles. The SMILES string of the molecule is CC(C)c1noc(N2CCC(CCCOc3ccc(C(=O)N4CCC[C@H]4CN)c(F)c3)CC2)n1. The van der Waals surface area contributed by atoms with Crippen molar-refractivity contribution in [1.29, 1.82) is 0 Å². The largest absolute Gasteiger partial charge is 0.493 e. The number of benzene rings is 1. The number of rotatable bonds is 9. The fraction of sp³-hybridized carbons (Fsp3) is 0.640. The molecule has 2 aliphatic heterocycles. The van der Waals surface area contributed by atoms with Gasteiger partial charge in [-0.25, -0.2) is 4.39 Å². The topological polar surface area (TPSA) is 97.7 Å². The van der Waals surface area contributed by atoms with E-state index in [9.17, 15) is 9.18 Å². The third-order valence-corrected chi connectivity index (χ3v) is 6.94. The lowest BCUT2D eigenvalue weighted by atomic mass is 9.92. The van der Waals surface area contributed by atoms with Gasteiger partial charge in [0.1, 0.15) is 11.6 Å². The Balaban J connectivity index is 1.19. The maximum absolute atomic E-state index is 14.6. The van der Waals surface area contributed by atoms with Gasteiger partial charge in [-0.05, 0) is 56.6 Å². The second-order valence-electron chi connectivity index (χ2n) is 9.68. The molecule has 0 aliphatic carbocycles. The number of hydrogen-bond acceptors (Lipinski definition) is 7. The predicted molar refractivity (Wildman–Crippen MR) is 128 cm³/mol. The molecule has 0 unspecified atom stereocenters. The number of halogens is 1. The normalized spacial score (nSPS) is 19.3. The van der Waals surface area contributed by atoms with Crippen molar-refractivity contribution in [2.75, 3.05) is 37.7 Å². The zero-order chi connectivity index (χ0) is 24.1. The van der Waals surface area contributed by atoms with Crippen LogP contribution in [0.4, 0.5) is 10.4 Å². The Bertz CT molecular complexity index is 958. The van der Waals surface area contributed by atoms with Crippen molar-refractivity contribution in [2.45, 2.75) is 64.3 Å². The molecular formula is C25H36FN5O3. The standard InChI is InChI=1S/C25H36FN5O3/c1-17(2)23-28-25(34-29-23)30-12-9-18(10-13-30)5-4-14-33-20-7-8-21(22(26)15-20)24(32)31-11-3-6-19(31)16-27/h7-8,15,17-19H,3-6,9-14,16,27H2,1-2H3/t19-/m0/s1. The molecule has 9 heteroatoms. The van der Waals surface area contributed by atoms with Crippen LogP contribution in [0.15, 0.2) is 22.7 Å². The number of amides is 1. The number of nitrogens with zero attached hydrogens (tertiary/aromatic N) is 4. The zero-order valence-corrected chi connectivity index (χ0v) is 20.2. The minimum Gasteiger partial charge on any atom is -0.493 e. The molecule has 0 saturated carbocycles. The second-order valence-corrected chi connectivity index (χ2v) is 9.68. The van der Waals surface area contributed by atoms with E-state index in [1.807, 2.05) is 0 Å². The minimum atomic E-state index is -0.542. The first kappa shape index (κ1) is 24.4. The van der Waals surface area contributed by atoms with Crippen molar-refractivity contribution in [3.05, 3.63) is 35.4 Å². The van der Waals surface area contributed by atoms with E-state index in [2.05, 4.69) is 28.9 Å². The summed E-state index contributed by atoms with van der Waals surface area (Å²) in [6.45, 7) is 7.49. The molecular weight excluding hydrogens is 437 g/mol. The number of aromatic nitrogens is 2. The molecule has 1 aromatic heterocycles. The summed E-state index contributed by atoms with van der Waals surface area (Å²) in [6.07, 6.45) is 5.89. The lowest BCUT2D eigenvalue weighted by Gasteiger charge is -2.30. The molecule has 1 atom stereocenters. The van der Waals surface area contributed by atoms with Crippen LogP contribution >= 0.6 is 0 Å². The summed E-state index contributed by atoms with van der Waals surface area (Å²) < 4.78 is 25.8. The molecule has 34 heavy (non-hydrogen) atoms. The van der Waals surface area contributed by atoms with Crippen LogP contribution in [0.2, 0.25) is 0 Å². The van der Waals surface area contributed by atoms with Gasteiger partial charge < -0.3 is 24.8 Å². The quantitative estimate of drug-likeness (QED) is 0.550. The molecule has 2 fully saturated rings. The van der Waals surface area contributed by atoms with Crippen molar-refractivity contribution in [1.82, 2.24) is 15.0 Å². The van der Waals surface area contributed by atoms with Gasteiger partial charge in [0.15, 0.2) is 5.82 Å². The second kappa shape index (κ2) is 11.2. The van der Waals surface area contributed by atoms with E-state index in [-0.39, 0.29) is 23.4 Å². The molecule has 0 spiro atoms. The van der Waals surface area contributed by atoms with Crippen LogP contribution in [0, 0.1) is 11.7 Å². The Morgan fingerprint density at radius 2 is 2.06 bits per heavy atom. The van der Waals surface area contributed by atoms with Crippen LogP contribution in [-0.4, -0.2) is 59.8 Å².